The molecule has 3 rings (SSSR count). The zero-order chi connectivity index (χ0) is 24.0. The Bertz CT molecular complexity index is 1140. The average Bonchev–Trinajstić information content (AvgIpc) is 3.28. The summed E-state index contributed by atoms with van der Waals surface area (Å²) >= 11 is 1.43. The van der Waals surface area contributed by atoms with Crippen molar-refractivity contribution in [1.82, 2.24) is 9.29 Å². The van der Waals surface area contributed by atoms with E-state index in [1.165, 1.54) is 15.6 Å². The van der Waals surface area contributed by atoms with Crippen LogP contribution < -0.4 is 14.2 Å². The van der Waals surface area contributed by atoms with Crippen LogP contribution >= 0.6 is 11.3 Å². The Hall–Kier alpha value is -2.62. The molecule has 1 aromatic heterocycles. The predicted molar refractivity (Wildman–Crippen MR) is 130 cm³/mol. The second-order valence-electron chi connectivity index (χ2n) is 7.63. The Balaban J connectivity index is 1.78. The monoisotopic (exact) mass is 490 g/mol. The molecule has 0 aliphatic rings. The quantitative estimate of drug-likeness (QED) is 0.375. The van der Waals surface area contributed by atoms with E-state index in [4.69, 9.17) is 14.2 Å². The number of sulfonamides is 1. The molecule has 178 valence electrons. The molecule has 0 aliphatic heterocycles. The van der Waals surface area contributed by atoms with E-state index in [-0.39, 0.29) is 24.1 Å². The van der Waals surface area contributed by atoms with E-state index in [1.807, 2.05) is 44.4 Å². The first kappa shape index (κ1) is 25.0. The molecule has 7 nitrogen and oxygen atoms in total. The van der Waals surface area contributed by atoms with Crippen LogP contribution in [0.15, 0.2) is 52.7 Å². The van der Waals surface area contributed by atoms with E-state index in [2.05, 4.69) is 4.98 Å². The fourth-order valence-corrected chi connectivity index (χ4v) is 5.64. The molecule has 0 N–H and O–H groups in total. The lowest BCUT2D eigenvalue weighted by molar-refractivity contribution is 0.265. The van der Waals surface area contributed by atoms with Gasteiger partial charge in [-0.05, 0) is 44.5 Å². The van der Waals surface area contributed by atoms with E-state index in [0.29, 0.717) is 29.4 Å². The van der Waals surface area contributed by atoms with E-state index >= 15 is 0 Å². The molecule has 0 spiro atoms. The van der Waals surface area contributed by atoms with Crippen molar-refractivity contribution < 1.29 is 22.6 Å². The minimum absolute atomic E-state index is 0.171. The Morgan fingerprint density at radius 2 is 1.70 bits per heavy atom. The second-order valence-corrected chi connectivity index (χ2v) is 10.5. The van der Waals surface area contributed by atoms with Crippen LogP contribution in [0.5, 0.6) is 17.2 Å². The van der Waals surface area contributed by atoms with Crippen molar-refractivity contribution in [3.05, 3.63) is 64.1 Å². The second kappa shape index (κ2) is 11.0. The molecule has 0 radical (unpaired) electrons. The van der Waals surface area contributed by atoms with Crippen LogP contribution in [-0.2, 0) is 23.2 Å². The van der Waals surface area contributed by atoms with Crippen LogP contribution in [0.1, 0.15) is 36.5 Å². The van der Waals surface area contributed by atoms with Gasteiger partial charge in [-0.3, -0.25) is 0 Å². The first-order chi connectivity index (χ1) is 15.8. The largest absolute Gasteiger partial charge is 0.493 e. The smallest absolute Gasteiger partial charge is 0.243 e. The molecule has 2 aromatic carbocycles. The first-order valence-electron chi connectivity index (χ1n) is 10.7. The lowest BCUT2D eigenvalue weighted by Crippen LogP contribution is -2.37. The van der Waals surface area contributed by atoms with E-state index < -0.39 is 10.0 Å². The number of nitrogens with zero attached hydrogens (tertiary/aromatic N) is 2. The highest BCUT2D eigenvalue weighted by Gasteiger charge is 2.29. The number of benzene rings is 2. The van der Waals surface area contributed by atoms with Gasteiger partial charge in [0.1, 0.15) is 11.6 Å². The van der Waals surface area contributed by atoms with Gasteiger partial charge in [-0.2, -0.15) is 4.31 Å². The molecule has 0 unspecified atom stereocenters. The Labute approximate surface area is 200 Å². The lowest BCUT2D eigenvalue weighted by Gasteiger charge is -2.27. The molecule has 0 amide bonds. The van der Waals surface area contributed by atoms with Crippen molar-refractivity contribution in [2.24, 2.45) is 0 Å². The number of ether oxygens (including phenoxy) is 3. The summed E-state index contributed by atoms with van der Waals surface area (Å²) in [6.45, 7) is 6.23. The van der Waals surface area contributed by atoms with Gasteiger partial charge in [0.05, 0.1) is 31.4 Å². The third kappa shape index (κ3) is 5.85. The van der Waals surface area contributed by atoms with Gasteiger partial charge < -0.3 is 14.2 Å². The number of hydrogen-bond donors (Lipinski definition) is 0. The van der Waals surface area contributed by atoms with Gasteiger partial charge in [0.25, 0.3) is 0 Å². The predicted octanol–water partition coefficient (Wildman–Crippen LogP) is 5.04. The van der Waals surface area contributed by atoms with Crippen LogP contribution in [0.4, 0.5) is 0 Å². The number of rotatable bonds is 11. The SMILES string of the molecule is CC[C@@H](C)N(Cc1csc(COc2c(OC)cccc2OC)n1)S(=O)(=O)c1ccc(C)cc1. The van der Waals surface area contributed by atoms with Crippen molar-refractivity contribution in [3.8, 4) is 17.2 Å². The third-order valence-corrected chi connectivity index (χ3v) is 8.20. The van der Waals surface area contributed by atoms with Gasteiger partial charge in [0.15, 0.2) is 11.5 Å². The van der Waals surface area contributed by atoms with Gasteiger partial charge in [-0.15, -0.1) is 11.3 Å². The zero-order valence-electron chi connectivity index (χ0n) is 19.6. The standard InChI is InChI=1S/C24H30N2O5S2/c1-6-18(3)26(33(27,28)20-12-10-17(2)11-13-20)14-19-16-32-23(25-19)15-31-24-21(29-4)8-7-9-22(24)30-5/h7-13,16,18H,6,14-15H2,1-5H3/t18-/m1/s1. The molecular formula is C24H30N2O5S2. The molecule has 1 atom stereocenters. The minimum Gasteiger partial charge on any atom is -0.493 e. The molecule has 1 heterocycles. The van der Waals surface area contributed by atoms with Gasteiger partial charge in [0, 0.05) is 11.4 Å². The lowest BCUT2D eigenvalue weighted by atomic mass is 10.2. The number of para-hydroxylation sites is 1. The van der Waals surface area contributed by atoms with Gasteiger partial charge >= 0.3 is 0 Å². The van der Waals surface area contributed by atoms with Crippen LogP contribution in [0.25, 0.3) is 0 Å². The summed E-state index contributed by atoms with van der Waals surface area (Å²) in [5, 5.41) is 2.60. The maximum absolute atomic E-state index is 13.4. The zero-order valence-corrected chi connectivity index (χ0v) is 21.2. The van der Waals surface area contributed by atoms with E-state index in [9.17, 15) is 8.42 Å². The maximum atomic E-state index is 13.4. The summed E-state index contributed by atoms with van der Waals surface area (Å²) in [4.78, 5) is 4.91. The molecule has 0 aliphatic carbocycles. The number of hydrogen-bond acceptors (Lipinski definition) is 7. The highest BCUT2D eigenvalue weighted by atomic mass is 32.2. The first-order valence-corrected chi connectivity index (χ1v) is 13.0. The van der Waals surface area contributed by atoms with Crippen molar-refractivity contribution in [2.45, 2.75) is 51.3 Å². The molecular weight excluding hydrogens is 460 g/mol. The third-order valence-electron chi connectivity index (χ3n) is 5.35. The fourth-order valence-electron chi connectivity index (χ4n) is 3.27. The number of aromatic nitrogens is 1. The van der Waals surface area contributed by atoms with Crippen molar-refractivity contribution in [3.63, 3.8) is 0 Å². The van der Waals surface area contributed by atoms with Crippen LogP contribution in [0, 0.1) is 6.92 Å². The topological polar surface area (TPSA) is 78.0 Å². The Kier molecular flexibility index (Phi) is 8.34. The summed E-state index contributed by atoms with van der Waals surface area (Å²) in [6, 6.07) is 12.2. The highest BCUT2D eigenvalue weighted by molar-refractivity contribution is 7.89. The Morgan fingerprint density at radius 1 is 1.06 bits per heavy atom. The van der Waals surface area contributed by atoms with Crippen LogP contribution in [0.3, 0.4) is 0 Å². The summed E-state index contributed by atoms with van der Waals surface area (Å²) in [5.41, 5.74) is 1.70. The highest BCUT2D eigenvalue weighted by Crippen LogP contribution is 2.37. The summed E-state index contributed by atoms with van der Waals surface area (Å²) in [7, 11) is -0.517. The minimum atomic E-state index is -3.66. The molecule has 0 fully saturated rings. The Morgan fingerprint density at radius 3 is 2.27 bits per heavy atom. The summed E-state index contributed by atoms with van der Waals surface area (Å²) < 4.78 is 44.9. The number of methoxy groups -OCH3 is 2. The molecule has 9 heteroatoms. The fraction of sp³-hybridized carbons (Fsp3) is 0.375. The van der Waals surface area contributed by atoms with Gasteiger partial charge in [-0.25, -0.2) is 13.4 Å². The molecule has 33 heavy (non-hydrogen) atoms. The number of thiazole rings is 1. The van der Waals surface area contributed by atoms with Crippen molar-refractivity contribution >= 4 is 21.4 Å². The maximum Gasteiger partial charge on any atom is 0.243 e. The van der Waals surface area contributed by atoms with Crippen LogP contribution in [0.2, 0.25) is 0 Å². The summed E-state index contributed by atoms with van der Waals surface area (Å²) in [6.07, 6.45) is 0.693. The normalized spacial score (nSPS) is 12.5. The molecule has 3 aromatic rings. The average molecular weight is 491 g/mol. The van der Waals surface area contributed by atoms with E-state index in [1.54, 1.807) is 38.5 Å². The van der Waals surface area contributed by atoms with Crippen LogP contribution in [-0.4, -0.2) is 38.0 Å². The summed E-state index contributed by atoms with van der Waals surface area (Å²) in [5.74, 6) is 1.64. The van der Waals surface area contributed by atoms with Gasteiger partial charge in [-0.1, -0.05) is 30.7 Å². The van der Waals surface area contributed by atoms with Crippen molar-refractivity contribution in [2.75, 3.05) is 14.2 Å². The van der Waals surface area contributed by atoms with Gasteiger partial charge in [0.2, 0.25) is 15.8 Å². The van der Waals surface area contributed by atoms with Crippen molar-refractivity contribution in [1.29, 1.82) is 0 Å². The molecule has 0 saturated heterocycles. The molecule has 0 saturated carbocycles. The molecule has 0 bridgehead atoms. The number of aryl methyl sites for hydroxylation is 1. The van der Waals surface area contributed by atoms with E-state index in [0.717, 1.165) is 10.6 Å².